The molecule has 0 radical (unpaired) electrons. The van der Waals surface area contributed by atoms with Gasteiger partial charge in [-0.25, -0.2) is 32.9 Å². The summed E-state index contributed by atoms with van der Waals surface area (Å²) < 4.78 is 84.8. The third-order valence-corrected chi connectivity index (χ3v) is 10.2. The maximum Gasteiger partial charge on any atom is 0.336 e. The predicted molar refractivity (Wildman–Crippen MR) is 148 cm³/mol. The molecule has 1 saturated carbocycles. The number of imidazole rings is 2. The minimum absolute atomic E-state index is 0.00530. The number of fused-ring (bicyclic) bond motifs is 5. The van der Waals surface area contributed by atoms with Crippen molar-refractivity contribution in [2.75, 3.05) is 18.9 Å². The molecule has 236 valence electrons. The third kappa shape index (κ3) is 5.18. The van der Waals surface area contributed by atoms with E-state index in [1.54, 1.807) is 0 Å². The van der Waals surface area contributed by atoms with Crippen LogP contribution < -0.4 is 16.0 Å². The van der Waals surface area contributed by atoms with E-state index in [0.717, 1.165) is 10.9 Å². The van der Waals surface area contributed by atoms with Gasteiger partial charge in [0, 0.05) is 12.5 Å². The molecule has 44 heavy (non-hydrogen) atoms. The van der Waals surface area contributed by atoms with E-state index in [9.17, 15) is 18.1 Å². The number of alkyl halides is 2. The molecule has 23 heteroatoms. The van der Waals surface area contributed by atoms with E-state index >= 15 is 8.78 Å². The molecule has 2 aliphatic heterocycles. The number of aromatic amines is 1. The number of nitrogen functional groups attached to an aromatic ring is 1. The van der Waals surface area contributed by atoms with E-state index in [0.29, 0.717) is 11.2 Å². The number of nitrogens with two attached hydrogens (primary N) is 1. The molecule has 18 nitrogen and oxygen atoms in total. The Morgan fingerprint density at radius 2 is 1.93 bits per heavy atom. The standard InChI is InChI=1S/C21H23F2N10O8PS2/c22-12-10(32-6-27-9-3-25-5-26-17(9)32)1-8-2-29-44(36,37)41-16-13(23)11(4-38-42(35,43)40-15(8)12)39-20(16)33-7-28-14-18(33)30-21(24)31-19(14)34/h3,5-8,10-13,15-16,20,29H,1-2,4H2,(H,35,43)(H3,24,30,31,34)/t8-,10-,11-,12+,13-,15-,16-,20-,42?/m1/s1. The third-order valence-electron chi connectivity index (χ3n) is 7.69. The van der Waals surface area contributed by atoms with E-state index < -0.39 is 84.6 Å². The van der Waals surface area contributed by atoms with Crippen molar-refractivity contribution in [3.63, 3.8) is 0 Å². The highest BCUT2D eigenvalue weighted by atomic mass is 32.5. The van der Waals surface area contributed by atoms with E-state index in [1.807, 2.05) is 0 Å². The lowest BCUT2D eigenvalue weighted by atomic mass is 10.1. The summed E-state index contributed by atoms with van der Waals surface area (Å²) in [5.41, 5.74) is 5.40. The molecule has 2 bridgehead atoms. The first-order chi connectivity index (χ1) is 20.9. The molecule has 0 spiro atoms. The summed E-state index contributed by atoms with van der Waals surface area (Å²) in [6, 6.07) is -0.935. The van der Waals surface area contributed by atoms with Crippen molar-refractivity contribution in [3.05, 3.63) is 35.5 Å². The molecule has 7 rings (SSSR count). The van der Waals surface area contributed by atoms with Crippen LogP contribution in [0.15, 0.2) is 30.0 Å². The number of nitrogens with one attached hydrogen (secondary N) is 2. The molecule has 1 unspecified atom stereocenters. The first-order valence-corrected chi connectivity index (χ1v) is 17.0. The highest BCUT2D eigenvalue weighted by molar-refractivity contribution is 8.07. The number of rotatable bonds is 2. The lowest BCUT2D eigenvalue weighted by Gasteiger charge is -2.27. The average Bonchev–Trinajstić information content (AvgIpc) is 3.72. The Bertz CT molecular complexity index is 1960. The van der Waals surface area contributed by atoms with Crippen LogP contribution in [-0.2, 0) is 40.1 Å². The summed E-state index contributed by atoms with van der Waals surface area (Å²) >= 11 is 5.14. The van der Waals surface area contributed by atoms with Crippen molar-refractivity contribution < 1.29 is 40.1 Å². The van der Waals surface area contributed by atoms with Crippen molar-refractivity contribution in [2.45, 2.75) is 49.3 Å². The van der Waals surface area contributed by atoms with E-state index in [4.69, 9.17) is 35.5 Å². The summed E-state index contributed by atoms with van der Waals surface area (Å²) in [5.74, 6) is -1.17. The average molecular weight is 677 g/mol. The Hall–Kier alpha value is -3.08. The van der Waals surface area contributed by atoms with Gasteiger partial charge in [0.2, 0.25) is 5.95 Å². The van der Waals surface area contributed by atoms with Crippen molar-refractivity contribution >= 4 is 57.1 Å². The van der Waals surface area contributed by atoms with Gasteiger partial charge in [-0.2, -0.15) is 18.1 Å². The van der Waals surface area contributed by atoms with Crippen LogP contribution in [0.25, 0.3) is 22.3 Å². The Morgan fingerprint density at radius 1 is 1.14 bits per heavy atom. The van der Waals surface area contributed by atoms with Crippen molar-refractivity contribution in [1.82, 2.24) is 43.8 Å². The lowest BCUT2D eigenvalue weighted by molar-refractivity contribution is -0.0461. The fourth-order valence-corrected chi connectivity index (χ4v) is 8.17. The monoisotopic (exact) mass is 676 g/mol. The van der Waals surface area contributed by atoms with Gasteiger partial charge < -0.3 is 29.0 Å². The smallest absolute Gasteiger partial charge is 0.336 e. The Kier molecular flexibility index (Phi) is 7.25. The zero-order valence-electron chi connectivity index (χ0n) is 22.1. The molecule has 9 atom stereocenters. The maximum atomic E-state index is 16.0. The van der Waals surface area contributed by atoms with Crippen molar-refractivity contribution in [1.29, 1.82) is 0 Å². The fourth-order valence-electron chi connectivity index (χ4n) is 5.72. The number of hydrogen-bond donors (Lipinski definition) is 4. The van der Waals surface area contributed by atoms with Crippen LogP contribution in [0, 0.1) is 5.92 Å². The van der Waals surface area contributed by atoms with Gasteiger partial charge in [0.15, 0.2) is 35.3 Å². The van der Waals surface area contributed by atoms with Crippen LogP contribution in [0.2, 0.25) is 0 Å². The molecule has 4 aromatic heterocycles. The molecule has 6 heterocycles. The Balaban J connectivity index is 1.21. The van der Waals surface area contributed by atoms with Crippen LogP contribution in [0.4, 0.5) is 14.7 Å². The topological polar surface area (TPSA) is 237 Å². The van der Waals surface area contributed by atoms with Crippen LogP contribution in [-0.4, -0.2) is 96.2 Å². The number of anilines is 1. The largest absolute Gasteiger partial charge is 0.369 e. The van der Waals surface area contributed by atoms with Gasteiger partial charge in [0.1, 0.15) is 30.2 Å². The number of ether oxygens (including phenoxy) is 1. The van der Waals surface area contributed by atoms with Gasteiger partial charge in [-0.3, -0.25) is 14.3 Å². The van der Waals surface area contributed by atoms with Gasteiger partial charge >= 0.3 is 17.0 Å². The molecule has 0 aromatic carbocycles. The normalized spacial score (nSPS) is 36.1. The molecule has 1 aliphatic carbocycles. The van der Waals surface area contributed by atoms with Gasteiger partial charge in [0.25, 0.3) is 5.56 Å². The Morgan fingerprint density at radius 3 is 2.75 bits per heavy atom. The van der Waals surface area contributed by atoms with Crippen molar-refractivity contribution in [2.24, 2.45) is 5.92 Å². The van der Waals surface area contributed by atoms with Crippen LogP contribution >= 0.6 is 6.72 Å². The van der Waals surface area contributed by atoms with Crippen molar-refractivity contribution in [3.8, 4) is 0 Å². The summed E-state index contributed by atoms with van der Waals surface area (Å²) in [7, 11) is -4.73. The SMILES string of the molecule is Nc1nc2c(ncn2[C@@H]2O[C@@H]3COP(O)(=S)O[C@@H]4[C@@H](CNS(=O)(=O)O[C@@H]2[C@@H]3F)C[C@@H](n2cnc3cncnc32)[C@@H]4F)c(=O)[nH]1. The summed E-state index contributed by atoms with van der Waals surface area (Å²) in [4.78, 5) is 45.6. The number of H-pyrrole nitrogens is 1. The quantitative estimate of drug-likeness (QED) is 0.196. The van der Waals surface area contributed by atoms with Crippen LogP contribution in [0.3, 0.4) is 0 Å². The summed E-state index contributed by atoms with van der Waals surface area (Å²) in [6.45, 7) is -5.41. The van der Waals surface area contributed by atoms with E-state index in [-0.39, 0.29) is 23.5 Å². The molecule has 3 aliphatic rings. The van der Waals surface area contributed by atoms with Gasteiger partial charge in [-0.05, 0) is 18.2 Å². The van der Waals surface area contributed by atoms with Gasteiger partial charge in [-0.1, -0.05) is 0 Å². The minimum Gasteiger partial charge on any atom is -0.369 e. The predicted octanol–water partition coefficient (Wildman–Crippen LogP) is -0.472. The second kappa shape index (κ2) is 10.8. The number of nitrogens with zero attached hydrogens (tertiary/aromatic N) is 7. The fraction of sp³-hybridized carbons (Fsp3) is 0.524. The zero-order chi connectivity index (χ0) is 31.0. The second-order valence-electron chi connectivity index (χ2n) is 10.4. The first kappa shape index (κ1) is 29.6. The molecular formula is C21H23F2N10O8PS2. The molecule has 5 N–H and O–H groups in total. The highest BCUT2D eigenvalue weighted by Gasteiger charge is 2.52. The minimum atomic E-state index is -4.73. The molecule has 3 fully saturated rings. The number of halogens is 2. The molecule has 0 amide bonds. The zero-order valence-corrected chi connectivity index (χ0v) is 24.6. The maximum absolute atomic E-state index is 16.0. The first-order valence-electron chi connectivity index (χ1n) is 13.0. The molecule has 2 saturated heterocycles. The summed E-state index contributed by atoms with van der Waals surface area (Å²) in [5, 5.41) is 0. The molecular weight excluding hydrogens is 653 g/mol. The van der Waals surface area contributed by atoms with E-state index in [1.165, 1.54) is 23.4 Å². The summed E-state index contributed by atoms with van der Waals surface area (Å²) in [6.07, 6.45) is -5.16. The van der Waals surface area contributed by atoms with E-state index in [2.05, 4.69) is 34.6 Å². The van der Waals surface area contributed by atoms with Gasteiger partial charge in [0.05, 0.1) is 31.5 Å². The second-order valence-corrected chi connectivity index (χ2v) is 14.6. The number of hydrogen-bond acceptors (Lipinski definition) is 14. The molecule has 4 aromatic rings. The number of aromatic nitrogens is 8. The Labute approximate surface area is 250 Å². The van der Waals surface area contributed by atoms with Gasteiger partial charge in [-0.15, -0.1) is 0 Å². The van der Waals surface area contributed by atoms with Crippen LogP contribution in [0.1, 0.15) is 18.7 Å². The van der Waals surface area contributed by atoms with Crippen LogP contribution in [0.5, 0.6) is 0 Å². The highest BCUT2D eigenvalue weighted by Crippen LogP contribution is 2.52. The lowest BCUT2D eigenvalue weighted by Crippen LogP contribution is -2.40.